The molecule has 1 fully saturated rings. The van der Waals surface area contributed by atoms with E-state index >= 15 is 0 Å². The highest BCUT2D eigenvalue weighted by Crippen LogP contribution is 2.55. The van der Waals surface area contributed by atoms with Gasteiger partial charge in [0.15, 0.2) is 0 Å². The van der Waals surface area contributed by atoms with Crippen molar-refractivity contribution in [2.45, 2.75) is 37.5 Å². The lowest BCUT2D eigenvalue weighted by atomic mass is 9.68. The molecule has 2 aliphatic carbocycles. The van der Waals surface area contributed by atoms with E-state index in [0.29, 0.717) is 5.41 Å². The molecule has 2 aliphatic rings. The highest BCUT2D eigenvalue weighted by molar-refractivity contribution is 9.10. The normalized spacial score (nSPS) is 19.2. The SMILES string of the molecule is Brc1ccc2c(c1)C1(CCCCC1)c1ccccc1-2. The Kier molecular flexibility index (Phi) is 2.60. The minimum Gasteiger partial charge on any atom is -0.0619 e. The van der Waals surface area contributed by atoms with Crippen molar-refractivity contribution in [1.82, 2.24) is 0 Å². The number of halogens is 1. The standard InChI is InChI=1S/C18H17Br/c19-13-8-9-15-14-6-2-3-7-16(14)18(17(15)12-13)10-4-1-5-11-18/h2-3,6-9,12H,1,4-5,10-11H2. The quantitative estimate of drug-likeness (QED) is 0.587. The highest BCUT2D eigenvalue weighted by atomic mass is 79.9. The monoisotopic (exact) mass is 312 g/mol. The maximum atomic E-state index is 3.66. The molecule has 0 aromatic heterocycles. The van der Waals surface area contributed by atoms with Gasteiger partial charge in [0.1, 0.15) is 0 Å². The third-order valence-electron chi connectivity index (χ3n) is 4.94. The van der Waals surface area contributed by atoms with Crippen LogP contribution in [0.2, 0.25) is 0 Å². The van der Waals surface area contributed by atoms with Gasteiger partial charge in [-0.2, -0.15) is 0 Å². The largest absolute Gasteiger partial charge is 0.0619 e. The van der Waals surface area contributed by atoms with Gasteiger partial charge in [0, 0.05) is 9.89 Å². The van der Waals surface area contributed by atoms with Crippen molar-refractivity contribution in [2.24, 2.45) is 0 Å². The fourth-order valence-electron chi connectivity index (χ4n) is 4.12. The van der Waals surface area contributed by atoms with Gasteiger partial charge in [0.25, 0.3) is 0 Å². The van der Waals surface area contributed by atoms with Crippen molar-refractivity contribution in [3.8, 4) is 11.1 Å². The molecule has 1 saturated carbocycles. The molecule has 0 radical (unpaired) electrons. The number of fused-ring (bicyclic) bond motifs is 5. The van der Waals surface area contributed by atoms with Crippen molar-refractivity contribution in [3.05, 3.63) is 58.1 Å². The Labute approximate surface area is 123 Å². The van der Waals surface area contributed by atoms with Crippen LogP contribution in [0.25, 0.3) is 11.1 Å². The van der Waals surface area contributed by atoms with Crippen molar-refractivity contribution in [3.63, 3.8) is 0 Å². The molecule has 1 heteroatoms. The Morgan fingerprint density at radius 1 is 0.789 bits per heavy atom. The summed E-state index contributed by atoms with van der Waals surface area (Å²) in [5.74, 6) is 0. The molecule has 0 amide bonds. The fraction of sp³-hybridized carbons (Fsp3) is 0.333. The van der Waals surface area contributed by atoms with Gasteiger partial charge in [-0.1, -0.05) is 65.5 Å². The topological polar surface area (TPSA) is 0 Å². The first-order valence-electron chi connectivity index (χ1n) is 7.21. The summed E-state index contributed by atoms with van der Waals surface area (Å²) >= 11 is 3.66. The van der Waals surface area contributed by atoms with E-state index in [1.165, 1.54) is 47.7 Å². The number of hydrogen-bond donors (Lipinski definition) is 0. The Morgan fingerprint density at radius 3 is 2.37 bits per heavy atom. The summed E-state index contributed by atoms with van der Waals surface area (Å²) in [6.07, 6.45) is 6.74. The molecule has 96 valence electrons. The molecule has 0 atom stereocenters. The summed E-state index contributed by atoms with van der Waals surface area (Å²) in [7, 11) is 0. The van der Waals surface area contributed by atoms with Crippen LogP contribution >= 0.6 is 15.9 Å². The maximum Gasteiger partial charge on any atom is 0.0215 e. The second kappa shape index (κ2) is 4.21. The summed E-state index contributed by atoms with van der Waals surface area (Å²) < 4.78 is 1.21. The molecule has 0 bridgehead atoms. The lowest BCUT2D eigenvalue weighted by Crippen LogP contribution is -2.27. The zero-order chi connectivity index (χ0) is 12.9. The van der Waals surface area contributed by atoms with E-state index in [9.17, 15) is 0 Å². The predicted octanol–water partition coefficient (Wildman–Crippen LogP) is 5.68. The van der Waals surface area contributed by atoms with Gasteiger partial charge < -0.3 is 0 Å². The van der Waals surface area contributed by atoms with Crippen molar-refractivity contribution in [1.29, 1.82) is 0 Å². The van der Waals surface area contributed by atoms with E-state index in [4.69, 9.17) is 0 Å². The molecule has 4 rings (SSSR count). The third kappa shape index (κ3) is 1.57. The lowest BCUT2D eigenvalue weighted by Gasteiger charge is -2.36. The van der Waals surface area contributed by atoms with E-state index in [1.807, 2.05) is 0 Å². The van der Waals surface area contributed by atoms with E-state index < -0.39 is 0 Å². The summed E-state index contributed by atoms with van der Waals surface area (Å²) in [6.45, 7) is 0. The molecule has 0 saturated heterocycles. The summed E-state index contributed by atoms with van der Waals surface area (Å²) in [5.41, 5.74) is 6.35. The van der Waals surface area contributed by atoms with E-state index in [0.717, 1.165) is 0 Å². The van der Waals surface area contributed by atoms with Crippen LogP contribution in [0.3, 0.4) is 0 Å². The molecule has 2 aromatic carbocycles. The fourth-order valence-corrected chi connectivity index (χ4v) is 4.48. The minimum absolute atomic E-state index is 0.300. The molecule has 0 nitrogen and oxygen atoms in total. The smallest absolute Gasteiger partial charge is 0.0215 e. The lowest BCUT2D eigenvalue weighted by molar-refractivity contribution is 0.352. The van der Waals surface area contributed by atoms with Gasteiger partial charge in [-0.05, 0) is 47.2 Å². The van der Waals surface area contributed by atoms with E-state index in [2.05, 4.69) is 58.4 Å². The first-order chi connectivity index (χ1) is 9.31. The van der Waals surface area contributed by atoms with E-state index in [1.54, 1.807) is 11.1 Å². The van der Waals surface area contributed by atoms with Crippen LogP contribution in [0.15, 0.2) is 46.9 Å². The minimum atomic E-state index is 0.300. The van der Waals surface area contributed by atoms with Crippen molar-refractivity contribution in [2.75, 3.05) is 0 Å². The molecule has 0 aliphatic heterocycles. The maximum absolute atomic E-state index is 3.66. The number of rotatable bonds is 0. The molecule has 0 heterocycles. The van der Waals surface area contributed by atoms with Crippen LogP contribution in [0.1, 0.15) is 43.2 Å². The highest BCUT2D eigenvalue weighted by Gasteiger charge is 2.43. The average molecular weight is 313 g/mol. The molecule has 2 aromatic rings. The van der Waals surface area contributed by atoms with Gasteiger partial charge in [-0.25, -0.2) is 0 Å². The molecule has 0 N–H and O–H groups in total. The second-order valence-electron chi connectivity index (χ2n) is 5.88. The van der Waals surface area contributed by atoms with Crippen LogP contribution in [0.5, 0.6) is 0 Å². The number of benzene rings is 2. The van der Waals surface area contributed by atoms with Crippen LogP contribution < -0.4 is 0 Å². The van der Waals surface area contributed by atoms with Gasteiger partial charge in [-0.3, -0.25) is 0 Å². The molecule has 0 unspecified atom stereocenters. The molecule has 1 spiro atoms. The van der Waals surface area contributed by atoms with Crippen molar-refractivity contribution < 1.29 is 0 Å². The Balaban J connectivity index is 2.03. The first-order valence-corrected chi connectivity index (χ1v) is 8.00. The second-order valence-corrected chi connectivity index (χ2v) is 6.79. The van der Waals surface area contributed by atoms with Crippen LogP contribution in [-0.2, 0) is 5.41 Å². The van der Waals surface area contributed by atoms with Crippen molar-refractivity contribution >= 4 is 15.9 Å². The van der Waals surface area contributed by atoms with Crippen LogP contribution in [-0.4, -0.2) is 0 Å². The van der Waals surface area contributed by atoms with Gasteiger partial charge in [-0.15, -0.1) is 0 Å². The van der Waals surface area contributed by atoms with Crippen LogP contribution in [0.4, 0.5) is 0 Å². The third-order valence-corrected chi connectivity index (χ3v) is 5.43. The summed E-state index contributed by atoms with van der Waals surface area (Å²) in [6, 6.07) is 15.9. The predicted molar refractivity (Wildman–Crippen MR) is 83.4 cm³/mol. The summed E-state index contributed by atoms with van der Waals surface area (Å²) in [5, 5.41) is 0. The zero-order valence-corrected chi connectivity index (χ0v) is 12.5. The van der Waals surface area contributed by atoms with Gasteiger partial charge >= 0.3 is 0 Å². The Morgan fingerprint density at radius 2 is 1.53 bits per heavy atom. The number of hydrogen-bond acceptors (Lipinski definition) is 0. The Bertz CT molecular complexity index is 636. The molecular weight excluding hydrogens is 296 g/mol. The Hall–Kier alpha value is -1.08. The van der Waals surface area contributed by atoms with E-state index in [-0.39, 0.29) is 0 Å². The van der Waals surface area contributed by atoms with Gasteiger partial charge in [0.2, 0.25) is 0 Å². The summed E-state index contributed by atoms with van der Waals surface area (Å²) in [4.78, 5) is 0. The first kappa shape index (κ1) is 11.7. The van der Waals surface area contributed by atoms with Gasteiger partial charge in [0.05, 0.1) is 0 Å². The average Bonchev–Trinajstić information content (AvgIpc) is 2.71. The molecule has 19 heavy (non-hydrogen) atoms. The zero-order valence-electron chi connectivity index (χ0n) is 11.0. The molecular formula is C18H17Br. The van der Waals surface area contributed by atoms with Crippen LogP contribution in [0, 0.1) is 0 Å².